The maximum absolute atomic E-state index is 13.9. The molecular weight excluding hydrogens is 369 g/mol. The average Bonchev–Trinajstić information content (AvgIpc) is 3.12. The molecule has 1 saturated heterocycles. The highest BCUT2D eigenvalue weighted by atomic mass is 32.2. The van der Waals surface area contributed by atoms with E-state index in [-0.39, 0.29) is 38.0 Å². The summed E-state index contributed by atoms with van der Waals surface area (Å²) >= 11 is 0. The molecular formula is C17H19F3N2O3S. The second kappa shape index (κ2) is 7.40. The zero-order valence-electron chi connectivity index (χ0n) is 14.0. The van der Waals surface area contributed by atoms with Gasteiger partial charge in [-0.15, -0.1) is 0 Å². The fourth-order valence-electron chi connectivity index (χ4n) is 3.24. The van der Waals surface area contributed by atoms with Crippen molar-refractivity contribution >= 4 is 15.9 Å². The number of hydrogen-bond acceptors (Lipinski definition) is 3. The molecule has 1 unspecified atom stereocenters. The van der Waals surface area contributed by atoms with Gasteiger partial charge in [0, 0.05) is 32.6 Å². The summed E-state index contributed by atoms with van der Waals surface area (Å²) in [6, 6.07) is 1.30. The van der Waals surface area contributed by atoms with E-state index in [9.17, 15) is 26.4 Å². The van der Waals surface area contributed by atoms with Crippen LogP contribution in [0, 0.1) is 23.4 Å². The molecule has 5 nitrogen and oxygen atoms in total. The van der Waals surface area contributed by atoms with Gasteiger partial charge in [-0.05, 0) is 30.9 Å². The summed E-state index contributed by atoms with van der Waals surface area (Å²) < 4.78 is 66.2. The molecule has 1 amide bonds. The molecule has 2 aliphatic rings. The lowest BCUT2D eigenvalue weighted by Crippen LogP contribution is -2.50. The first-order valence-corrected chi connectivity index (χ1v) is 9.83. The third-order valence-corrected chi connectivity index (χ3v) is 6.67. The lowest BCUT2D eigenvalue weighted by Gasteiger charge is -2.34. The Labute approximate surface area is 150 Å². The van der Waals surface area contributed by atoms with Gasteiger partial charge >= 0.3 is 0 Å². The minimum absolute atomic E-state index is 0.0208. The van der Waals surface area contributed by atoms with Crippen molar-refractivity contribution in [3.05, 3.63) is 41.7 Å². The van der Waals surface area contributed by atoms with Crippen molar-refractivity contribution in [1.29, 1.82) is 0 Å². The van der Waals surface area contributed by atoms with E-state index in [2.05, 4.69) is 0 Å². The highest BCUT2D eigenvalue weighted by Crippen LogP contribution is 2.25. The lowest BCUT2D eigenvalue weighted by atomic mass is 10.0. The van der Waals surface area contributed by atoms with E-state index in [0.717, 1.165) is 17.1 Å². The largest absolute Gasteiger partial charge is 0.340 e. The van der Waals surface area contributed by atoms with Crippen LogP contribution >= 0.6 is 0 Å². The summed E-state index contributed by atoms with van der Waals surface area (Å²) in [5.41, 5.74) is 0. The van der Waals surface area contributed by atoms with Crippen molar-refractivity contribution < 1.29 is 26.4 Å². The fraction of sp³-hybridized carbons (Fsp3) is 0.471. The van der Waals surface area contributed by atoms with E-state index < -0.39 is 32.4 Å². The third kappa shape index (κ3) is 3.64. The van der Waals surface area contributed by atoms with Gasteiger partial charge in [0.05, 0.1) is 0 Å². The molecule has 26 heavy (non-hydrogen) atoms. The van der Waals surface area contributed by atoms with Crippen LogP contribution in [0.25, 0.3) is 0 Å². The number of piperazine rings is 1. The first-order chi connectivity index (χ1) is 12.3. The minimum Gasteiger partial charge on any atom is -0.340 e. The first kappa shape index (κ1) is 18.9. The van der Waals surface area contributed by atoms with E-state index in [4.69, 9.17) is 0 Å². The van der Waals surface area contributed by atoms with Gasteiger partial charge in [-0.25, -0.2) is 21.6 Å². The maximum Gasteiger partial charge on any atom is 0.246 e. The number of halogens is 3. The van der Waals surface area contributed by atoms with Crippen molar-refractivity contribution in [3.63, 3.8) is 0 Å². The van der Waals surface area contributed by atoms with Crippen molar-refractivity contribution in [1.82, 2.24) is 9.21 Å². The Hall–Kier alpha value is -1.87. The van der Waals surface area contributed by atoms with Crippen molar-refractivity contribution in [3.8, 4) is 0 Å². The molecule has 0 radical (unpaired) electrons. The molecule has 1 aromatic carbocycles. The van der Waals surface area contributed by atoms with Gasteiger partial charge in [0.15, 0.2) is 17.5 Å². The van der Waals surface area contributed by atoms with Crippen molar-refractivity contribution in [2.75, 3.05) is 26.2 Å². The van der Waals surface area contributed by atoms with E-state index in [0.29, 0.717) is 18.6 Å². The van der Waals surface area contributed by atoms with Crippen LogP contribution in [0.1, 0.15) is 19.3 Å². The third-order valence-electron chi connectivity index (χ3n) is 4.76. The van der Waals surface area contributed by atoms with Gasteiger partial charge in [0.2, 0.25) is 15.9 Å². The van der Waals surface area contributed by atoms with Gasteiger partial charge in [0.1, 0.15) is 4.90 Å². The quantitative estimate of drug-likeness (QED) is 0.588. The van der Waals surface area contributed by atoms with Crippen LogP contribution in [0.3, 0.4) is 0 Å². The maximum atomic E-state index is 13.9. The van der Waals surface area contributed by atoms with Gasteiger partial charge in [-0.2, -0.15) is 4.31 Å². The van der Waals surface area contributed by atoms with Crippen molar-refractivity contribution in [2.45, 2.75) is 24.2 Å². The van der Waals surface area contributed by atoms with Crippen molar-refractivity contribution in [2.24, 2.45) is 5.92 Å². The number of rotatable bonds is 4. The molecule has 1 fully saturated rings. The van der Waals surface area contributed by atoms with Crippen LogP contribution < -0.4 is 0 Å². The zero-order valence-corrected chi connectivity index (χ0v) is 14.8. The van der Waals surface area contributed by atoms with Crippen LogP contribution in [0.4, 0.5) is 13.2 Å². The Kier molecular flexibility index (Phi) is 5.38. The highest BCUT2D eigenvalue weighted by Gasteiger charge is 2.33. The number of carbonyl (C=O) groups is 1. The van der Waals surface area contributed by atoms with Gasteiger partial charge < -0.3 is 4.90 Å². The number of nitrogens with zero attached hydrogens (tertiary/aromatic N) is 2. The second-order valence-corrected chi connectivity index (χ2v) is 8.33. The van der Waals surface area contributed by atoms with Crippen LogP contribution in [0.2, 0.25) is 0 Å². The molecule has 1 atom stereocenters. The summed E-state index contributed by atoms with van der Waals surface area (Å²) in [5.74, 6) is -4.81. The number of benzene rings is 1. The summed E-state index contributed by atoms with van der Waals surface area (Å²) in [6.45, 7) is 0.319. The van der Waals surface area contributed by atoms with E-state index in [1.165, 1.54) is 0 Å². The highest BCUT2D eigenvalue weighted by molar-refractivity contribution is 7.89. The van der Waals surface area contributed by atoms with Gasteiger partial charge in [-0.3, -0.25) is 4.79 Å². The average molecular weight is 388 g/mol. The van der Waals surface area contributed by atoms with Crippen LogP contribution in [-0.2, 0) is 14.8 Å². The molecule has 0 N–H and O–H groups in total. The number of sulfonamides is 1. The number of hydrogen-bond donors (Lipinski definition) is 0. The molecule has 0 spiro atoms. The molecule has 3 rings (SSSR count). The van der Waals surface area contributed by atoms with Crippen LogP contribution in [-0.4, -0.2) is 49.7 Å². The molecule has 1 aliphatic carbocycles. The SMILES string of the molecule is O=C(CC1C=CCC1)N1CCN(S(=O)(=O)c2ccc(F)c(F)c2F)CC1. The Morgan fingerprint density at radius 1 is 1.08 bits per heavy atom. The van der Waals surface area contributed by atoms with E-state index in [1.807, 2.05) is 12.2 Å². The number of amides is 1. The second-order valence-electron chi connectivity index (χ2n) is 6.43. The summed E-state index contributed by atoms with van der Waals surface area (Å²) in [6.07, 6.45) is 6.35. The molecule has 0 bridgehead atoms. The Bertz CT molecular complexity index is 834. The Morgan fingerprint density at radius 2 is 1.77 bits per heavy atom. The number of allylic oxidation sites excluding steroid dienone is 2. The molecule has 142 valence electrons. The van der Waals surface area contributed by atoms with E-state index >= 15 is 0 Å². The monoisotopic (exact) mass is 388 g/mol. The molecule has 1 heterocycles. The van der Waals surface area contributed by atoms with E-state index in [1.54, 1.807) is 4.90 Å². The summed E-state index contributed by atoms with van der Waals surface area (Å²) in [7, 11) is -4.30. The molecule has 0 saturated carbocycles. The zero-order chi connectivity index (χ0) is 18.9. The Morgan fingerprint density at radius 3 is 2.38 bits per heavy atom. The minimum atomic E-state index is -4.30. The summed E-state index contributed by atoms with van der Waals surface area (Å²) in [5, 5.41) is 0. The predicted octanol–water partition coefficient (Wildman–Crippen LogP) is 2.29. The number of carbonyl (C=O) groups excluding carboxylic acids is 1. The van der Waals surface area contributed by atoms with Gasteiger partial charge in [-0.1, -0.05) is 12.2 Å². The predicted molar refractivity (Wildman–Crippen MR) is 88.1 cm³/mol. The van der Waals surface area contributed by atoms with Crippen LogP contribution in [0.15, 0.2) is 29.2 Å². The summed E-state index contributed by atoms with van der Waals surface area (Å²) in [4.78, 5) is 13.0. The first-order valence-electron chi connectivity index (χ1n) is 8.39. The normalized spacial score (nSPS) is 21.3. The molecule has 9 heteroatoms. The molecule has 0 aromatic heterocycles. The lowest BCUT2D eigenvalue weighted by molar-refractivity contribution is -0.133. The van der Waals surface area contributed by atoms with Crippen LogP contribution in [0.5, 0.6) is 0 Å². The smallest absolute Gasteiger partial charge is 0.246 e. The topological polar surface area (TPSA) is 57.7 Å². The molecule has 1 aliphatic heterocycles. The molecule has 1 aromatic rings. The Balaban J connectivity index is 1.66. The standard InChI is InChI=1S/C17H19F3N2O3S/c18-13-5-6-14(17(20)16(13)19)26(24,25)22-9-7-21(8-10-22)15(23)11-12-3-1-2-4-12/h1,3,5-6,12H,2,4,7-11H2. The fourth-order valence-corrected chi connectivity index (χ4v) is 4.72. The van der Waals surface area contributed by atoms with Gasteiger partial charge in [0.25, 0.3) is 0 Å².